The van der Waals surface area contributed by atoms with Crippen LogP contribution in [0.15, 0.2) is 30.9 Å². The number of benzene rings is 1. The minimum absolute atomic E-state index is 0.0802. The van der Waals surface area contributed by atoms with Crippen LogP contribution in [0.4, 0.5) is 0 Å². The van der Waals surface area contributed by atoms with Crippen molar-refractivity contribution in [2.45, 2.75) is 24.1 Å². The molecule has 1 aliphatic carbocycles. The van der Waals surface area contributed by atoms with E-state index in [4.69, 9.17) is 16.3 Å². The number of hydrogen-bond acceptors (Lipinski definition) is 9. The molecule has 180 valence electrons. The average molecular weight is 524 g/mol. The van der Waals surface area contributed by atoms with Crippen LogP contribution in [-0.2, 0) is 24.2 Å². The second-order valence-electron chi connectivity index (χ2n) is 7.78. The fourth-order valence-corrected chi connectivity index (χ4v) is 6.47. The van der Waals surface area contributed by atoms with Gasteiger partial charge in [0.1, 0.15) is 11.3 Å². The Balaban J connectivity index is 1.66. The fourth-order valence-electron chi connectivity index (χ4n) is 3.25. The fraction of sp³-hybridized carbons (Fsp3) is 0.381. The molecular formula is C21H22ClN5O5S2. The number of halogens is 1. The summed E-state index contributed by atoms with van der Waals surface area (Å²) in [7, 11) is -2.61. The van der Waals surface area contributed by atoms with Gasteiger partial charge in [-0.3, -0.25) is 9.59 Å². The molecule has 1 unspecified atom stereocenters. The molecule has 2 N–H and O–H groups in total. The number of hydrogen-bond donors (Lipinski definition) is 2. The molecule has 0 bridgehead atoms. The highest BCUT2D eigenvalue weighted by Crippen LogP contribution is 2.37. The Morgan fingerprint density at radius 1 is 1.26 bits per heavy atom. The Morgan fingerprint density at radius 3 is 2.68 bits per heavy atom. The molecule has 0 saturated heterocycles. The van der Waals surface area contributed by atoms with Gasteiger partial charge in [0, 0.05) is 36.7 Å². The Labute approximate surface area is 205 Å². The number of nitrogens with zero attached hydrogens (tertiary/aromatic N) is 3. The summed E-state index contributed by atoms with van der Waals surface area (Å²) in [6.07, 6.45) is 6.43. The van der Waals surface area contributed by atoms with Crippen molar-refractivity contribution >= 4 is 54.8 Å². The third-order valence-corrected chi connectivity index (χ3v) is 8.56. The molecule has 1 atom stereocenters. The predicted molar refractivity (Wildman–Crippen MR) is 128 cm³/mol. The lowest BCUT2D eigenvalue weighted by atomic mass is 10.1. The second kappa shape index (κ2) is 10.3. The van der Waals surface area contributed by atoms with Crippen molar-refractivity contribution in [3.63, 3.8) is 0 Å². The molecule has 3 aromatic rings. The lowest BCUT2D eigenvalue weighted by Gasteiger charge is -2.15. The number of carbonyl (C=O) groups excluding carboxylic acids is 2. The van der Waals surface area contributed by atoms with Gasteiger partial charge in [0.2, 0.25) is 11.8 Å². The second-order valence-corrected chi connectivity index (χ2v) is 11.5. The zero-order chi connectivity index (χ0) is 24.3. The van der Waals surface area contributed by atoms with E-state index in [1.165, 1.54) is 13.4 Å². The summed E-state index contributed by atoms with van der Waals surface area (Å²) in [5.41, 5.74) is 1.80. The lowest BCUT2D eigenvalue weighted by molar-refractivity contribution is -0.126. The molecule has 10 nitrogen and oxygen atoms in total. The molecule has 0 radical (unpaired) electrons. The molecular weight excluding hydrogens is 502 g/mol. The van der Waals surface area contributed by atoms with Gasteiger partial charge in [-0.25, -0.2) is 23.4 Å². The highest BCUT2D eigenvalue weighted by Gasteiger charge is 2.37. The van der Waals surface area contributed by atoms with Gasteiger partial charge < -0.3 is 15.4 Å². The molecule has 2 aromatic heterocycles. The normalized spacial score (nSPS) is 14.6. The first-order chi connectivity index (χ1) is 16.3. The van der Waals surface area contributed by atoms with Crippen LogP contribution >= 0.6 is 22.9 Å². The van der Waals surface area contributed by atoms with E-state index < -0.39 is 21.0 Å². The first kappa shape index (κ1) is 24.5. The van der Waals surface area contributed by atoms with Gasteiger partial charge in [0.05, 0.1) is 34.1 Å². The van der Waals surface area contributed by atoms with Crippen molar-refractivity contribution < 1.29 is 22.7 Å². The zero-order valence-electron chi connectivity index (χ0n) is 18.2. The number of sulfone groups is 1. The molecule has 1 aromatic carbocycles. The summed E-state index contributed by atoms with van der Waals surface area (Å²) in [4.78, 5) is 37.4. The first-order valence-electron chi connectivity index (χ1n) is 10.4. The highest BCUT2D eigenvalue weighted by molar-refractivity contribution is 7.92. The van der Waals surface area contributed by atoms with Gasteiger partial charge in [0.25, 0.3) is 0 Å². The van der Waals surface area contributed by atoms with Crippen LogP contribution in [0.2, 0.25) is 5.02 Å². The van der Waals surface area contributed by atoms with E-state index in [-0.39, 0.29) is 35.9 Å². The minimum Gasteiger partial charge on any atom is -0.384 e. The first-order valence-corrected chi connectivity index (χ1v) is 13.3. The zero-order valence-corrected chi connectivity index (χ0v) is 20.5. The van der Waals surface area contributed by atoms with E-state index in [0.29, 0.717) is 26.4 Å². The number of rotatable bonds is 10. The number of amides is 2. The van der Waals surface area contributed by atoms with Gasteiger partial charge in [-0.1, -0.05) is 11.6 Å². The largest absolute Gasteiger partial charge is 0.384 e. The molecule has 2 amide bonds. The Kier molecular flexibility index (Phi) is 7.41. The van der Waals surface area contributed by atoms with Gasteiger partial charge in [-0.15, -0.1) is 11.3 Å². The lowest BCUT2D eigenvalue weighted by Crippen LogP contribution is -2.41. The number of ether oxygens (including phenoxy) is 1. The number of methoxy groups -OCH3 is 1. The SMILES string of the molecule is COCCS(=O)(=O)C(C(=O)NCC(=O)NC1CC1)c1nc2cc(Cl)c(-c3cncnc3)cc2s1. The van der Waals surface area contributed by atoms with Crippen molar-refractivity contribution in [3.8, 4) is 11.1 Å². The number of fused-ring (bicyclic) bond motifs is 1. The van der Waals surface area contributed by atoms with E-state index in [0.717, 1.165) is 24.2 Å². The van der Waals surface area contributed by atoms with Crippen LogP contribution in [0.5, 0.6) is 0 Å². The van der Waals surface area contributed by atoms with Crippen molar-refractivity contribution in [1.29, 1.82) is 0 Å². The van der Waals surface area contributed by atoms with Crippen molar-refractivity contribution in [2.24, 2.45) is 0 Å². The van der Waals surface area contributed by atoms with Crippen molar-refractivity contribution in [2.75, 3.05) is 26.0 Å². The van der Waals surface area contributed by atoms with Crippen LogP contribution in [0.1, 0.15) is 23.1 Å². The molecule has 0 spiro atoms. The summed E-state index contributed by atoms with van der Waals surface area (Å²) < 4.78 is 31.7. The number of thiazole rings is 1. The van der Waals surface area contributed by atoms with Crippen LogP contribution < -0.4 is 10.6 Å². The third kappa shape index (κ3) is 5.69. The van der Waals surface area contributed by atoms with Crippen LogP contribution in [0.25, 0.3) is 21.3 Å². The molecule has 2 heterocycles. The standard InChI is InChI=1S/C21H22ClN5O5S2/c1-32-4-5-34(30,31)19(20(29)25-10-18(28)26-13-2-3-13)21-27-16-7-15(22)14(6-17(16)33-21)12-8-23-11-24-9-12/h6-9,11,13,19H,2-5,10H2,1H3,(H,25,29)(H,26,28). The number of carbonyl (C=O) groups is 2. The van der Waals surface area contributed by atoms with Crippen molar-refractivity contribution in [1.82, 2.24) is 25.6 Å². The molecule has 1 fully saturated rings. The smallest absolute Gasteiger partial charge is 0.245 e. The van der Waals surface area contributed by atoms with Crippen LogP contribution in [-0.4, -0.2) is 67.2 Å². The van der Waals surface area contributed by atoms with Gasteiger partial charge in [-0.05, 0) is 25.0 Å². The topological polar surface area (TPSA) is 140 Å². The maximum absolute atomic E-state index is 13.1. The third-order valence-electron chi connectivity index (χ3n) is 5.12. The van der Waals surface area contributed by atoms with Gasteiger partial charge in [0.15, 0.2) is 15.1 Å². The Bertz CT molecular complexity index is 1310. The van der Waals surface area contributed by atoms with E-state index in [1.807, 2.05) is 0 Å². The summed E-state index contributed by atoms with van der Waals surface area (Å²) in [6, 6.07) is 3.50. The molecule has 1 aliphatic rings. The predicted octanol–water partition coefficient (Wildman–Crippen LogP) is 1.90. The molecule has 13 heteroatoms. The van der Waals surface area contributed by atoms with E-state index in [9.17, 15) is 18.0 Å². The molecule has 1 saturated carbocycles. The summed E-state index contributed by atoms with van der Waals surface area (Å²) in [6.45, 7) is -0.399. The molecule has 34 heavy (non-hydrogen) atoms. The maximum Gasteiger partial charge on any atom is 0.245 e. The maximum atomic E-state index is 13.1. The van der Waals surface area contributed by atoms with Crippen LogP contribution in [0, 0.1) is 0 Å². The number of aromatic nitrogens is 3. The number of nitrogens with one attached hydrogen (secondary N) is 2. The Hall–Kier alpha value is -2.67. The average Bonchev–Trinajstić information content (AvgIpc) is 3.53. The van der Waals surface area contributed by atoms with Crippen molar-refractivity contribution in [3.05, 3.63) is 40.9 Å². The summed E-state index contributed by atoms with van der Waals surface area (Å²) >= 11 is 7.50. The Morgan fingerprint density at radius 2 is 2.00 bits per heavy atom. The van der Waals surface area contributed by atoms with E-state index in [2.05, 4.69) is 25.6 Å². The van der Waals surface area contributed by atoms with E-state index in [1.54, 1.807) is 24.5 Å². The van der Waals surface area contributed by atoms with Crippen LogP contribution in [0.3, 0.4) is 0 Å². The summed E-state index contributed by atoms with van der Waals surface area (Å²) in [5, 5.41) is 4.08. The minimum atomic E-state index is -3.99. The monoisotopic (exact) mass is 523 g/mol. The van der Waals surface area contributed by atoms with Gasteiger partial charge in [-0.2, -0.15) is 0 Å². The van der Waals surface area contributed by atoms with Gasteiger partial charge >= 0.3 is 0 Å². The molecule has 0 aliphatic heterocycles. The summed E-state index contributed by atoms with van der Waals surface area (Å²) in [5.74, 6) is -1.56. The quantitative estimate of drug-likeness (QED) is 0.410. The van der Waals surface area contributed by atoms with E-state index >= 15 is 0 Å². The molecule has 4 rings (SSSR count). The highest BCUT2D eigenvalue weighted by atomic mass is 35.5.